The summed E-state index contributed by atoms with van der Waals surface area (Å²) in [4.78, 5) is 22.9. The molecule has 0 saturated carbocycles. The van der Waals surface area contributed by atoms with E-state index in [1.807, 2.05) is 6.07 Å². The van der Waals surface area contributed by atoms with Crippen LogP contribution in [-0.4, -0.2) is 19.7 Å². The summed E-state index contributed by atoms with van der Waals surface area (Å²) < 4.78 is 15.1. The van der Waals surface area contributed by atoms with E-state index in [0.717, 1.165) is 10.9 Å². The quantitative estimate of drug-likeness (QED) is 0.619. The van der Waals surface area contributed by atoms with Crippen molar-refractivity contribution in [3.05, 3.63) is 40.2 Å². The lowest BCUT2D eigenvalue weighted by molar-refractivity contribution is -0.143. The zero-order valence-electron chi connectivity index (χ0n) is 11.5. The first-order chi connectivity index (χ1) is 9.63. The molecule has 0 unspecified atom stereocenters. The summed E-state index contributed by atoms with van der Waals surface area (Å²) in [5.41, 5.74) is 0.785. The van der Waals surface area contributed by atoms with Crippen molar-refractivity contribution >= 4 is 16.9 Å². The second kappa shape index (κ2) is 6.23. The Morgan fingerprint density at radius 1 is 1.30 bits per heavy atom. The van der Waals surface area contributed by atoms with Crippen LogP contribution in [0.1, 0.15) is 18.9 Å². The molecule has 5 nitrogen and oxygen atoms in total. The van der Waals surface area contributed by atoms with Gasteiger partial charge in [0, 0.05) is 23.9 Å². The molecule has 5 heteroatoms. The fraction of sp³-hybridized carbons (Fsp3) is 0.333. The average Bonchev–Trinajstić information content (AvgIpc) is 2.44. The van der Waals surface area contributed by atoms with Crippen LogP contribution in [0.2, 0.25) is 0 Å². The molecule has 0 aliphatic heterocycles. The fourth-order valence-corrected chi connectivity index (χ4v) is 2.01. The van der Waals surface area contributed by atoms with Crippen LogP contribution in [0.3, 0.4) is 0 Å². The Hall–Kier alpha value is -2.30. The molecule has 20 heavy (non-hydrogen) atoms. The van der Waals surface area contributed by atoms with Crippen molar-refractivity contribution in [2.45, 2.75) is 19.8 Å². The molecule has 1 aromatic heterocycles. The molecule has 0 amide bonds. The van der Waals surface area contributed by atoms with Gasteiger partial charge in [0.05, 0.1) is 13.7 Å². The van der Waals surface area contributed by atoms with E-state index in [1.54, 1.807) is 26.2 Å². The number of aryl methyl sites for hydroxylation is 1. The largest absolute Gasteiger partial charge is 0.497 e. The first-order valence-electron chi connectivity index (χ1n) is 6.40. The molecule has 0 aliphatic carbocycles. The molecule has 0 atom stereocenters. The average molecular weight is 276 g/mol. The van der Waals surface area contributed by atoms with Crippen molar-refractivity contribution < 1.29 is 18.7 Å². The number of ether oxygens (including phenoxy) is 2. The topological polar surface area (TPSA) is 65.7 Å². The molecule has 1 heterocycles. The number of esters is 1. The van der Waals surface area contributed by atoms with E-state index < -0.39 is 5.63 Å². The van der Waals surface area contributed by atoms with E-state index in [2.05, 4.69) is 0 Å². The lowest BCUT2D eigenvalue weighted by atomic mass is 10.1. The van der Waals surface area contributed by atoms with Crippen molar-refractivity contribution in [3.63, 3.8) is 0 Å². The maximum absolute atomic E-state index is 11.6. The van der Waals surface area contributed by atoms with Crippen molar-refractivity contribution in [1.29, 1.82) is 0 Å². The third kappa shape index (κ3) is 3.17. The second-order valence-corrected chi connectivity index (χ2v) is 4.26. The summed E-state index contributed by atoms with van der Waals surface area (Å²) in [6.07, 6.45) is 0.672. The van der Waals surface area contributed by atoms with Crippen molar-refractivity contribution in [1.82, 2.24) is 0 Å². The van der Waals surface area contributed by atoms with Gasteiger partial charge in [-0.2, -0.15) is 0 Å². The summed E-state index contributed by atoms with van der Waals surface area (Å²) in [5.74, 6) is 0.339. The molecule has 106 valence electrons. The number of carbonyl (C=O) groups excluding carboxylic acids is 1. The zero-order valence-corrected chi connectivity index (χ0v) is 11.5. The molecule has 0 bridgehead atoms. The maximum atomic E-state index is 11.6. The number of hydrogen-bond donors (Lipinski definition) is 0. The van der Waals surface area contributed by atoms with Crippen LogP contribution in [0.15, 0.2) is 33.5 Å². The van der Waals surface area contributed by atoms with Crippen LogP contribution in [-0.2, 0) is 16.0 Å². The Bertz CT molecular complexity index is 672. The monoisotopic (exact) mass is 276 g/mol. The molecular formula is C15H16O5. The molecule has 0 N–H and O–H groups in total. The third-order valence-electron chi connectivity index (χ3n) is 2.94. The SMILES string of the molecule is CCOC(=O)CCc1cc(=O)oc2cc(OC)ccc12. The van der Waals surface area contributed by atoms with Gasteiger partial charge in [0.2, 0.25) is 0 Å². The fourth-order valence-electron chi connectivity index (χ4n) is 2.01. The van der Waals surface area contributed by atoms with Gasteiger partial charge in [-0.1, -0.05) is 0 Å². The molecule has 1 aromatic carbocycles. The van der Waals surface area contributed by atoms with Crippen LogP contribution in [0.25, 0.3) is 11.0 Å². The molecule has 0 aliphatic rings. The van der Waals surface area contributed by atoms with Crippen LogP contribution >= 0.6 is 0 Å². The van der Waals surface area contributed by atoms with Gasteiger partial charge >= 0.3 is 11.6 Å². The van der Waals surface area contributed by atoms with E-state index in [1.165, 1.54) is 6.07 Å². The van der Waals surface area contributed by atoms with E-state index in [-0.39, 0.29) is 12.4 Å². The van der Waals surface area contributed by atoms with Gasteiger partial charge in [-0.15, -0.1) is 0 Å². The lowest BCUT2D eigenvalue weighted by Crippen LogP contribution is -2.07. The highest BCUT2D eigenvalue weighted by molar-refractivity contribution is 5.82. The first-order valence-corrected chi connectivity index (χ1v) is 6.40. The van der Waals surface area contributed by atoms with Crippen LogP contribution in [0.4, 0.5) is 0 Å². The molecule has 0 saturated heterocycles. The Morgan fingerprint density at radius 3 is 2.80 bits per heavy atom. The van der Waals surface area contributed by atoms with Gasteiger partial charge in [-0.25, -0.2) is 4.79 Å². The number of methoxy groups -OCH3 is 1. The van der Waals surface area contributed by atoms with Gasteiger partial charge in [0.15, 0.2) is 0 Å². The zero-order chi connectivity index (χ0) is 14.5. The molecular weight excluding hydrogens is 260 g/mol. The molecule has 0 fully saturated rings. The van der Waals surface area contributed by atoms with E-state index >= 15 is 0 Å². The molecule has 2 aromatic rings. The summed E-state index contributed by atoms with van der Waals surface area (Å²) in [6, 6.07) is 6.67. The highest BCUT2D eigenvalue weighted by Crippen LogP contribution is 2.23. The smallest absolute Gasteiger partial charge is 0.336 e. The molecule has 0 radical (unpaired) electrons. The lowest BCUT2D eigenvalue weighted by Gasteiger charge is -2.06. The summed E-state index contributed by atoms with van der Waals surface area (Å²) in [7, 11) is 1.55. The van der Waals surface area contributed by atoms with Gasteiger partial charge in [0.25, 0.3) is 0 Å². The van der Waals surface area contributed by atoms with Gasteiger partial charge in [-0.3, -0.25) is 4.79 Å². The Kier molecular flexibility index (Phi) is 4.40. The minimum absolute atomic E-state index is 0.235. The second-order valence-electron chi connectivity index (χ2n) is 4.26. The van der Waals surface area contributed by atoms with Gasteiger partial charge in [0.1, 0.15) is 11.3 Å². The summed E-state index contributed by atoms with van der Waals surface area (Å²) >= 11 is 0. The first kappa shape index (κ1) is 14.1. The standard InChI is InChI=1S/C15H16O5/c1-3-19-14(16)7-4-10-8-15(17)20-13-9-11(18-2)5-6-12(10)13/h5-6,8-9H,3-4,7H2,1-2H3. The van der Waals surface area contributed by atoms with Gasteiger partial charge < -0.3 is 13.9 Å². The summed E-state index contributed by atoms with van der Waals surface area (Å²) in [5, 5.41) is 0.801. The molecule has 2 rings (SSSR count). The normalized spacial score (nSPS) is 10.5. The predicted molar refractivity (Wildman–Crippen MR) is 74.0 cm³/mol. The Balaban J connectivity index is 2.32. The van der Waals surface area contributed by atoms with Crippen LogP contribution < -0.4 is 10.4 Å². The number of carbonyl (C=O) groups is 1. The van der Waals surface area contributed by atoms with Crippen molar-refractivity contribution in [2.24, 2.45) is 0 Å². The number of rotatable bonds is 5. The van der Waals surface area contributed by atoms with Crippen molar-refractivity contribution in [2.75, 3.05) is 13.7 Å². The minimum Gasteiger partial charge on any atom is -0.497 e. The molecule has 0 spiro atoms. The van der Waals surface area contributed by atoms with Crippen LogP contribution in [0, 0.1) is 0 Å². The third-order valence-corrected chi connectivity index (χ3v) is 2.94. The maximum Gasteiger partial charge on any atom is 0.336 e. The predicted octanol–water partition coefficient (Wildman–Crippen LogP) is 2.30. The highest BCUT2D eigenvalue weighted by Gasteiger charge is 2.09. The van der Waals surface area contributed by atoms with E-state index in [9.17, 15) is 9.59 Å². The van der Waals surface area contributed by atoms with Gasteiger partial charge in [-0.05, 0) is 31.0 Å². The summed E-state index contributed by atoms with van der Waals surface area (Å²) in [6.45, 7) is 2.12. The van der Waals surface area contributed by atoms with Crippen molar-refractivity contribution in [3.8, 4) is 5.75 Å². The van der Waals surface area contributed by atoms with E-state index in [0.29, 0.717) is 24.4 Å². The minimum atomic E-state index is -0.440. The Labute approximate surface area is 116 Å². The highest BCUT2D eigenvalue weighted by atomic mass is 16.5. The number of benzene rings is 1. The van der Waals surface area contributed by atoms with E-state index in [4.69, 9.17) is 13.9 Å². The van der Waals surface area contributed by atoms with Crippen LogP contribution in [0.5, 0.6) is 5.75 Å². The number of hydrogen-bond acceptors (Lipinski definition) is 5. The number of fused-ring (bicyclic) bond motifs is 1. The Morgan fingerprint density at radius 2 is 2.10 bits per heavy atom.